The highest BCUT2D eigenvalue weighted by molar-refractivity contribution is 6.17. The first-order valence-corrected chi connectivity index (χ1v) is 4.67. The summed E-state index contributed by atoms with van der Waals surface area (Å²) in [6.45, 7) is 0. The van der Waals surface area contributed by atoms with Gasteiger partial charge in [-0.1, -0.05) is 10.2 Å². The van der Waals surface area contributed by atoms with Crippen molar-refractivity contribution in [3.8, 4) is 0 Å². The molecule has 6 nitrogen and oxygen atoms in total. The van der Waals surface area contributed by atoms with E-state index in [1.54, 1.807) is 12.1 Å². The van der Waals surface area contributed by atoms with Crippen molar-refractivity contribution in [1.29, 1.82) is 0 Å². The number of hydrogen-bond acceptors (Lipinski definition) is 3. The average Bonchev–Trinajstić information content (AvgIpc) is 2.59. The topological polar surface area (TPSA) is 65.3 Å². The van der Waals surface area contributed by atoms with E-state index < -0.39 is 12.1 Å². The molecule has 1 aliphatic rings. The summed E-state index contributed by atoms with van der Waals surface area (Å²) in [5, 5.41) is 6.37. The molecule has 1 heterocycles. The van der Waals surface area contributed by atoms with Crippen LogP contribution in [-0.4, -0.2) is 26.2 Å². The van der Waals surface area contributed by atoms with Crippen molar-refractivity contribution in [3.05, 3.63) is 24.3 Å². The molecule has 1 aromatic rings. The number of nitrogens with zero attached hydrogens (tertiary/aromatic N) is 4. The SMILES string of the molecule is CN(C)c1ccc(N2C(=O)N=NC2=O)cc1. The molecule has 1 aliphatic heterocycles. The zero-order chi connectivity index (χ0) is 11.7. The Hall–Kier alpha value is -2.24. The largest absolute Gasteiger partial charge is 0.378 e. The maximum atomic E-state index is 11.2. The second kappa shape index (κ2) is 3.73. The first kappa shape index (κ1) is 10.3. The molecule has 0 aliphatic carbocycles. The molecule has 0 saturated carbocycles. The van der Waals surface area contributed by atoms with Gasteiger partial charge in [-0.25, -0.2) is 14.5 Å². The van der Waals surface area contributed by atoms with Crippen LogP contribution in [0.25, 0.3) is 0 Å². The minimum atomic E-state index is -0.650. The number of imide groups is 1. The van der Waals surface area contributed by atoms with Crippen LogP contribution in [0.5, 0.6) is 0 Å². The van der Waals surface area contributed by atoms with E-state index in [9.17, 15) is 9.59 Å². The number of carbonyl (C=O) groups excluding carboxylic acids is 2. The number of hydrogen-bond donors (Lipinski definition) is 0. The summed E-state index contributed by atoms with van der Waals surface area (Å²) < 4.78 is 0. The number of urea groups is 2. The zero-order valence-electron chi connectivity index (χ0n) is 8.91. The normalized spacial score (nSPS) is 14.8. The number of carbonyl (C=O) groups is 2. The van der Waals surface area contributed by atoms with E-state index in [4.69, 9.17) is 0 Å². The third-order valence-corrected chi connectivity index (χ3v) is 2.23. The molecule has 82 valence electrons. The molecule has 0 radical (unpaired) electrons. The zero-order valence-corrected chi connectivity index (χ0v) is 8.91. The number of rotatable bonds is 2. The lowest BCUT2D eigenvalue weighted by Crippen LogP contribution is -2.27. The predicted molar refractivity (Wildman–Crippen MR) is 58.9 cm³/mol. The Balaban J connectivity index is 2.29. The highest BCUT2D eigenvalue weighted by atomic mass is 16.2. The Morgan fingerprint density at radius 2 is 1.50 bits per heavy atom. The molecule has 16 heavy (non-hydrogen) atoms. The molecule has 2 rings (SSSR count). The minimum absolute atomic E-state index is 0.477. The summed E-state index contributed by atoms with van der Waals surface area (Å²) in [6.07, 6.45) is 0. The summed E-state index contributed by atoms with van der Waals surface area (Å²) in [7, 11) is 3.82. The van der Waals surface area contributed by atoms with Gasteiger partial charge in [-0.15, -0.1) is 0 Å². The quantitative estimate of drug-likeness (QED) is 0.764. The van der Waals surface area contributed by atoms with Crippen LogP contribution in [0.2, 0.25) is 0 Å². The second-order valence-corrected chi connectivity index (χ2v) is 3.51. The molecule has 0 spiro atoms. The third kappa shape index (κ3) is 1.65. The van der Waals surface area contributed by atoms with E-state index >= 15 is 0 Å². The van der Waals surface area contributed by atoms with Gasteiger partial charge in [0, 0.05) is 19.8 Å². The van der Waals surface area contributed by atoms with Crippen molar-refractivity contribution >= 4 is 23.4 Å². The molecule has 0 N–H and O–H groups in total. The maximum Gasteiger partial charge on any atom is 0.375 e. The summed E-state index contributed by atoms with van der Waals surface area (Å²) in [4.78, 5) is 25.3. The lowest BCUT2D eigenvalue weighted by Gasteiger charge is -2.15. The Labute approximate surface area is 92.2 Å². The number of amides is 4. The Bertz CT molecular complexity index is 446. The Morgan fingerprint density at radius 1 is 1.00 bits per heavy atom. The van der Waals surface area contributed by atoms with Gasteiger partial charge in [0.25, 0.3) is 0 Å². The van der Waals surface area contributed by atoms with E-state index in [1.807, 2.05) is 31.1 Å². The van der Waals surface area contributed by atoms with Crippen LogP contribution in [0.1, 0.15) is 0 Å². The fraction of sp³-hybridized carbons (Fsp3) is 0.200. The average molecular weight is 218 g/mol. The fourth-order valence-corrected chi connectivity index (χ4v) is 1.38. The fourth-order valence-electron chi connectivity index (χ4n) is 1.38. The highest BCUT2D eigenvalue weighted by Gasteiger charge is 2.28. The van der Waals surface area contributed by atoms with Crippen molar-refractivity contribution in [1.82, 2.24) is 0 Å². The van der Waals surface area contributed by atoms with Crippen molar-refractivity contribution < 1.29 is 9.59 Å². The van der Waals surface area contributed by atoms with Crippen LogP contribution in [0.4, 0.5) is 21.0 Å². The van der Waals surface area contributed by atoms with Gasteiger partial charge < -0.3 is 4.90 Å². The first-order chi connectivity index (χ1) is 7.59. The first-order valence-electron chi connectivity index (χ1n) is 4.67. The molecular weight excluding hydrogens is 208 g/mol. The number of benzene rings is 1. The molecular formula is C10H10N4O2. The molecule has 0 bridgehead atoms. The highest BCUT2D eigenvalue weighted by Crippen LogP contribution is 2.23. The summed E-state index contributed by atoms with van der Waals surface area (Å²) in [5.74, 6) is 0. The summed E-state index contributed by atoms with van der Waals surface area (Å²) >= 11 is 0. The van der Waals surface area contributed by atoms with Gasteiger partial charge in [-0.2, -0.15) is 0 Å². The number of azo groups is 1. The Kier molecular flexibility index (Phi) is 2.40. The summed E-state index contributed by atoms with van der Waals surface area (Å²) in [5.41, 5.74) is 1.46. The third-order valence-electron chi connectivity index (χ3n) is 2.23. The van der Waals surface area contributed by atoms with Gasteiger partial charge in [0.05, 0.1) is 5.69 Å². The van der Waals surface area contributed by atoms with Crippen LogP contribution in [-0.2, 0) is 0 Å². The molecule has 0 unspecified atom stereocenters. The lowest BCUT2D eigenvalue weighted by atomic mass is 10.2. The van der Waals surface area contributed by atoms with Gasteiger partial charge >= 0.3 is 12.1 Å². The van der Waals surface area contributed by atoms with Crippen molar-refractivity contribution in [2.75, 3.05) is 23.9 Å². The molecule has 0 atom stereocenters. The van der Waals surface area contributed by atoms with Crippen LogP contribution < -0.4 is 9.80 Å². The van der Waals surface area contributed by atoms with E-state index in [-0.39, 0.29) is 0 Å². The van der Waals surface area contributed by atoms with E-state index in [1.165, 1.54) is 0 Å². The van der Waals surface area contributed by atoms with Gasteiger partial charge in [0.15, 0.2) is 0 Å². The van der Waals surface area contributed by atoms with E-state index in [0.29, 0.717) is 5.69 Å². The minimum Gasteiger partial charge on any atom is -0.378 e. The molecule has 6 heteroatoms. The molecule has 0 aromatic heterocycles. The molecule has 1 aromatic carbocycles. The van der Waals surface area contributed by atoms with Gasteiger partial charge in [-0.3, -0.25) is 0 Å². The molecule has 0 saturated heterocycles. The smallest absolute Gasteiger partial charge is 0.375 e. The van der Waals surface area contributed by atoms with Gasteiger partial charge in [-0.05, 0) is 24.3 Å². The van der Waals surface area contributed by atoms with Crippen LogP contribution in [0, 0.1) is 0 Å². The summed E-state index contributed by atoms with van der Waals surface area (Å²) in [6, 6.07) is 5.69. The van der Waals surface area contributed by atoms with Crippen molar-refractivity contribution in [2.45, 2.75) is 0 Å². The maximum absolute atomic E-state index is 11.2. The predicted octanol–water partition coefficient (Wildman–Crippen LogP) is 2.26. The lowest BCUT2D eigenvalue weighted by molar-refractivity contribution is 0.249. The second-order valence-electron chi connectivity index (χ2n) is 3.51. The number of anilines is 2. The molecule has 4 amide bonds. The van der Waals surface area contributed by atoms with Gasteiger partial charge in [0.2, 0.25) is 0 Å². The standard InChI is InChI=1S/C10H10N4O2/c1-13(2)7-3-5-8(6-4-7)14-9(15)11-12-10(14)16/h3-6H,1-2H3. The van der Waals surface area contributed by atoms with Crippen LogP contribution in [0.15, 0.2) is 34.5 Å². The van der Waals surface area contributed by atoms with Crippen LogP contribution >= 0.6 is 0 Å². The monoisotopic (exact) mass is 218 g/mol. The van der Waals surface area contributed by atoms with Crippen molar-refractivity contribution in [3.63, 3.8) is 0 Å². The van der Waals surface area contributed by atoms with Crippen LogP contribution in [0.3, 0.4) is 0 Å². The Morgan fingerprint density at radius 3 is 1.94 bits per heavy atom. The van der Waals surface area contributed by atoms with Crippen molar-refractivity contribution in [2.24, 2.45) is 10.2 Å². The van der Waals surface area contributed by atoms with E-state index in [2.05, 4.69) is 10.2 Å². The van der Waals surface area contributed by atoms with Gasteiger partial charge in [0.1, 0.15) is 0 Å². The molecule has 0 fully saturated rings. The van der Waals surface area contributed by atoms with E-state index in [0.717, 1.165) is 10.6 Å².